The van der Waals surface area contributed by atoms with Crippen molar-refractivity contribution in [3.63, 3.8) is 0 Å². The molecule has 3 N–H and O–H groups in total. The maximum absolute atomic E-state index is 10.2. The average molecular weight is 265 g/mol. The molecule has 17 heavy (non-hydrogen) atoms. The van der Waals surface area contributed by atoms with Gasteiger partial charge >= 0.3 is 0 Å². The molecule has 6 heteroatoms. The van der Waals surface area contributed by atoms with E-state index in [9.17, 15) is 13.2 Å². The van der Waals surface area contributed by atoms with Gasteiger partial charge in [-0.25, -0.2) is 0 Å². The molecular formula is C11H23NO4S. The van der Waals surface area contributed by atoms with Crippen LogP contribution in [0.25, 0.3) is 0 Å². The lowest BCUT2D eigenvalue weighted by Gasteiger charge is -1.96. The van der Waals surface area contributed by atoms with E-state index in [4.69, 9.17) is 10.3 Å². The molecule has 0 aliphatic carbocycles. The standard InChI is InChI=1S/C7H16O3S.C4H7NO/c1-2-3-4-5-6-7-11(8,9)10;1-3(2)4(5)6/h2-7H2,1H3,(H,8,9,10);1H2,2H3,(H2,5,6). The van der Waals surface area contributed by atoms with Gasteiger partial charge in [-0.1, -0.05) is 39.2 Å². The first-order valence-electron chi connectivity index (χ1n) is 5.61. The highest BCUT2D eigenvalue weighted by molar-refractivity contribution is 7.85. The smallest absolute Gasteiger partial charge is 0.264 e. The van der Waals surface area contributed by atoms with Crippen LogP contribution in [0.5, 0.6) is 0 Å². The third kappa shape index (κ3) is 21.0. The van der Waals surface area contributed by atoms with Crippen LogP contribution >= 0.6 is 0 Å². The van der Waals surface area contributed by atoms with Crippen molar-refractivity contribution >= 4 is 16.0 Å². The van der Waals surface area contributed by atoms with E-state index in [1.165, 1.54) is 0 Å². The van der Waals surface area contributed by atoms with Gasteiger partial charge in [0.15, 0.2) is 0 Å². The van der Waals surface area contributed by atoms with Crippen molar-refractivity contribution in [1.29, 1.82) is 0 Å². The molecule has 0 unspecified atom stereocenters. The lowest BCUT2D eigenvalue weighted by molar-refractivity contribution is -0.114. The number of primary amides is 1. The van der Waals surface area contributed by atoms with Crippen molar-refractivity contribution in [3.8, 4) is 0 Å². The summed E-state index contributed by atoms with van der Waals surface area (Å²) in [7, 11) is -3.71. The minimum absolute atomic E-state index is 0.0866. The summed E-state index contributed by atoms with van der Waals surface area (Å²) in [6.45, 7) is 6.95. The number of amides is 1. The predicted octanol–water partition coefficient (Wildman–Crippen LogP) is 1.89. The SMILES string of the molecule is C=C(C)C(N)=O.CCCCCCCS(=O)(=O)O. The van der Waals surface area contributed by atoms with E-state index >= 15 is 0 Å². The minimum Gasteiger partial charge on any atom is -0.366 e. The molecule has 0 rings (SSSR count). The van der Waals surface area contributed by atoms with Crippen LogP contribution in [0.15, 0.2) is 12.2 Å². The molecular weight excluding hydrogens is 242 g/mol. The van der Waals surface area contributed by atoms with Gasteiger partial charge in [0.1, 0.15) is 0 Å². The monoisotopic (exact) mass is 265 g/mol. The van der Waals surface area contributed by atoms with Crippen LogP contribution in [0.2, 0.25) is 0 Å². The van der Waals surface area contributed by atoms with Gasteiger partial charge in [-0.15, -0.1) is 0 Å². The van der Waals surface area contributed by atoms with Crippen LogP contribution in [0.3, 0.4) is 0 Å². The summed E-state index contributed by atoms with van der Waals surface area (Å²) >= 11 is 0. The van der Waals surface area contributed by atoms with Gasteiger partial charge in [-0.3, -0.25) is 9.35 Å². The lowest BCUT2D eigenvalue weighted by atomic mass is 10.2. The summed E-state index contributed by atoms with van der Waals surface area (Å²) in [5, 5.41) is 0. The molecule has 0 aliphatic heterocycles. The second-order valence-electron chi connectivity index (χ2n) is 3.84. The van der Waals surface area contributed by atoms with Gasteiger partial charge in [0.2, 0.25) is 5.91 Å². The fourth-order valence-electron chi connectivity index (χ4n) is 0.888. The molecule has 0 radical (unpaired) electrons. The summed E-state index contributed by atoms with van der Waals surface area (Å²) in [6, 6.07) is 0. The third-order valence-corrected chi connectivity index (χ3v) is 2.73. The quantitative estimate of drug-likeness (QED) is 0.417. The maximum Gasteiger partial charge on any atom is 0.264 e. The zero-order valence-corrected chi connectivity index (χ0v) is 11.4. The highest BCUT2D eigenvalue weighted by Gasteiger charge is 2.02. The Balaban J connectivity index is 0. The Kier molecular flexibility index (Phi) is 11.2. The van der Waals surface area contributed by atoms with Gasteiger partial charge in [-0.05, 0) is 13.3 Å². The zero-order chi connectivity index (χ0) is 13.9. The number of carbonyl (C=O) groups excluding carboxylic acids is 1. The van der Waals surface area contributed by atoms with Crippen LogP contribution in [0.1, 0.15) is 46.0 Å². The molecule has 0 aromatic carbocycles. The average Bonchev–Trinajstić information content (AvgIpc) is 2.16. The molecule has 0 aromatic heterocycles. The van der Waals surface area contributed by atoms with Crippen molar-refractivity contribution in [1.82, 2.24) is 0 Å². The van der Waals surface area contributed by atoms with Crippen molar-refractivity contribution in [3.05, 3.63) is 12.2 Å². The van der Waals surface area contributed by atoms with Crippen molar-refractivity contribution in [2.24, 2.45) is 5.73 Å². The number of nitrogens with two attached hydrogens (primary N) is 1. The van der Waals surface area contributed by atoms with Crippen LogP contribution in [0.4, 0.5) is 0 Å². The van der Waals surface area contributed by atoms with E-state index in [-0.39, 0.29) is 5.75 Å². The summed E-state index contributed by atoms with van der Waals surface area (Å²) < 4.78 is 28.8. The van der Waals surface area contributed by atoms with Crippen molar-refractivity contribution < 1.29 is 17.8 Å². The second kappa shape index (κ2) is 10.3. The Hall–Kier alpha value is -0.880. The van der Waals surface area contributed by atoms with E-state index in [1.54, 1.807) is 6.92 Å². The summed E-state index contributed by atoms with van der Waals surface area (Å²) in [5.41, 5.74) is 5.09. The fourth-order valence-corrected chi connectivity index (χ4v) is 1.46. The highest BCUT2D eigenvalue weighted by atomic mass is 32.2. The fraction of sp³-hybridized carbons (Fsp3) is 0.727. The van der Waals surface area contributed by atoms with Gasteiger partial charge in [0, 0.05) is 5.57 Å². The molecule has 5 nitrogen and oxygen atoms in total. The molecule has 0 saturated carbocycles. The number of unbranched alkanes of at least 4 members (excludes halogenated alkanes) is 4. The Labute approximate surface area is 104 Å². The molecule has 0 atom stereocenters. The van der Waals surface area contributed by atoms with Gasteiger partial charge in [0.05, 0.1) is 5.75 Å². The molecule has 0 aromatic rings. The third-order valence-electron chi connectivity index (χ3n) is 1.93. The Morgan fingerprint density at radius 3 is 1.94 bits per heavy atom. The Bertz CT molecular complexity index is 310. The van der Waals surface area contributed by atoms with E-state index in [0.717, 1.165) is 25.7 Å². The topological polar surface area (TPSA) is 97.5 Å². The molecule has 0 spiro atoms. The second-order valence-corrected chi connectivity index (χ2v) is 5.42. The first-order chi connectivity index (χ1) is 7.70. The summed E-state index contributed by atoms with van der Waals surface area (Å²) in [6.07, 6.45) is 4.83. The van der Waals surface area contributed by atoms with E-state index in [0.29, 0.717) is 12.0 Å². The van der Waals surface area contributed by atoms with E-state index in [1.807, 2.05) is 0 Å². The summed E-state index contributed by atoms with van der Waals surface area (Å²) in [5.74, 6) is -0.522. The Morgan fingerprint density at radius 1 is 1.24 bits per heavy atom. The van der Waals surface area contributed by atoms with Gasteiger partial charge in [0.25, 0.3) is 10.1 Å². The zero-order valence-electron chi connectivity index (χ0n) is 10.6. The molecule has 102 valence electrons. The molecule has 0 heterocycles. The lowest BCUT2D eigenvalue weighted by Crippen LogP contribution is -2.10. The van der Waals surface area contributed by atoms with Gasteiger partial charge in [-0.2, -0.15) is 8.42 Å². The summed E-state index contributed by atoms with van der Waals surface area (Å²) in [4.78, 5) is 9.82. The Morgan fingerprint density at radius 2 is 1.65 bits per heavy atom. The van der Waals surface area contributed by atoms with Crippen molar-refractivity contribution in [2.45, 2.75) is 46.0 Å². The molecule has 1 amide bonds. The molecule has 0 fully saturated rings. The van der Waals surface area contributed by atoms with Crippen LogP contribution in [-0.4, -0.2) is 24.6 Å². The first kappa shape index (κ1) is 18.5. The van der Waals surface area contributed by atoms with Crippen molar-refractivity contribution in [2.75, 3.05) is 5.75 Å². The highest BCUT2D eigenvalue weighted by Crippen LogP contribution is 2.03. The first-order valence-corrected chi connectivity index (χ1v) is 7.22. The number of carbonyl (C=O) groups is 1. The molecule has 0 aliphatic rings. The van der Waals surface area contributed by atoms with E-state index < -0.39 is 16.0 Å². The maximum atomic E-state index is 10.2. The molecule has 0 bridgehead atoms. The van der Waals surface area contributed by atoms with Gasteiger partial charge < -0.3 is 5.73 Å². The number of hydrogen-bond donors (Lipinski definition) is 2. The normalized spacial score (nSPS) is 10.3. The minimum atomic E-state index is -3.71. The number of hydrogen-bond acceptors (Lipinski definition) is 3. The largest absolute Gasteiger partial charge is 0.366 e. The predicted molar refractivity (Wildman–Crippen MR) is 69.2 cm³/mol. The van der Waals surface area contributed by atoms with Crippen LogP contribution < -0.4 is 5.73 Å². The van der Waals surface area contributed by atoms with Crippen LogP contribution in [-0.2, 0) is 14.9 Å². The number of rotatable bonds is 7. The van der Waals surface area contributed by atoms with E-state index in [2.05, 4.69) is 13.5 Å². The van der Waals surface area contributed by atoms with Crippen LogP contribution in [0, 0.1) is 0 Å². The molecule has 0 saturated heterocycles.